The molecule has 0 aliphatic rings. The number of carbonyl (C=O) groups excluding carboxylic acids is 1. The van der Waals surface area contributed by atoms with Crippen LogP contribution in [0.2, 0.25) is 0 Å². The van der Waals surface area contributed by atoms with Crippen LogP contribution in [0.1, 0.15) is 42.4 Å². The Morgan fingerprint density at radius 3 is 2.78 bits per heavy atom. The van der Waals surface area contributed by atoms with Gasteiger partial charge >= 0.3 is 0 Å². The van der Waals surface area contributed by atoms with Crippen LogP contribution in [0.25, 0.3) is 11.0 Å². The average Bonchev–Trinajstić information content (AvgIpc) is 2.97. The molecular weight excluding hydrogens is 290 g/mol. The predicted octanol–water partition coefficient (Wildman–Crippen LogP) is 3.36. The third-order valence-electron chi connectivity index (χ3n) is 3.89. The smallest absolute Gasteiger partial charge is 0.256 e. The molecule has 0 unspecified atom stereocenters. The van der Waals surface area contributed by atoms with Gasteiger partial charge in [-0.3, -0.25) is 9.78 Å². The number of carbonyl (C=O) groups is 1. The number of nitrogens with one attached hydrogen (secondary N) is 1. The zero-order valence-electron chi connectivity index (χ0n) is 13.4. The number of hydrogen-bond donors (Lipinski definition) is 1. The fourth-order valence-electron chi connectivity index (χ4n) is 2.46. The summed E-state index contributed by atoms with van der Waals surface area (Å²) in [7, 11) is 0. The van der Waals surface area contributed by atoms with Gasteiger partial charge in [-0.1, -0.05) is 6.92 Å². The molecular formula is C17H19N5O. The summed E-state index contributed by atoms with van der Waals surface area (Å²) < 4.78 is 1.88. The molecule has 1 amide bonds. The molecule has 0 saturated carbocycles. The predicted molar refractivity (Wildman–Crippen MR) is 89.5 cm³/mol. The van der Waals surface area contributed by atoms with E-state index in [-0.39, 0.29) is 11.9 Å². The number of anilines is 1. The van der Waals surface area contributed by atoms with Gasteiger partial charge in [0.1, 0.15) is 0 Å². The number of hydrogen-bond acceptors (Lipinski definition) is 4. The van der Waals surface area contributed by atoms with E-state index in [1.165, 1.54) is 0 Å². The van der Waals surface area contributed by atoms with Gasteiger partial charge in [0, 0.05) is 23.8 Å². The first-order valence-electron chi connectivity index (χ1n) is 7.66. The van der Waals surface area contributed by atoms with Gasteiger partial charge in [0.15, 0.2) is 5.65 Å². The second-order valence-corrected chi connectivity index (χ2v) is 5.58. The number of aryl methyl sites for hydroxylation is 1. The summed E-state index contributed by atoms with van der Waals surface area (Å²) in [6.07, 6.45) is 5.95. The van der Waals surface area contributed by atoms with Crippen LogP contribution in [-0.2, 0) is 0 Å². The van der Waals surface area contributed by atoms with Crippen LogP contribution in [0, 0.1) is 6.92 Å². The maximum absolute atomic E-state index is 12.6. The fraction of sp³-hybridized carbons (Fsp3) is 0.294. The highest BCUT2D eigenvalue weighted by Gasteiger charge is 2.17. The third kappa shape index (κ3) is 2.92. The lowest BCUT2D eigenvalue weighted by Crippen LogP contribution is -2.13. The Morgan fingerprint density at radius 1 is 1.35 bits per heavy atom. The molecule has 1 N–H and O–H groups in total. The Morgan fingerprint density at radius 2 is 2.09 bits per heavy atom. The number of nitrogens with zero attached hydrogens (tertiary/aromatic N) is 4. The summed E-state index contributed by atoms with van der Waals surface area (Å²) in [4.78, 5) is 21.1. The minimum atomic E-state index is -0.171. The number of fused-ring (bicyclic) bond motifs is 1. The minimum Gasteiger partial charge on any atom is -0.322 e. The molecule has 0 spiro atoms. The molecule has 0 fully saturated rings. The van der Waals surface area contributed by atoms with Crippen LogP contribution in [0.5, 0.6) is 0 Å². The summed E-state index contributed by atoms with van der Waals surface area (Å²) >= 11 is 0. The molecule has 6 heteroatoms. The van der Waals surface area contributed by atoms with Crippen molar-refractivity contribution in [1.29, 1.82) is 0 Å². The molecule has 3 heterocycles. The highest BCUT2D eigenvalue weighted by Crippen LogP contribution is 2.23. The van der Waals surface area contributed by atoms with Crippen molar-refractivity contribution in [2.45, 2.75) is 33.2 Å². The Balaban J connectivity index is 2.03. The summed E-state index contributed by atoms with van der Waals surface area (Å²) in [6.45, 7) is 6.08. The van der Waals surface area contributed by atoms with Gasteiger partial charge in [0.25, 0.3) is 5.91 Å². The SMILES string of the molecule is CC[C@@H](C)n1ncc2c(C(=O)Nc3ccncc3)cc(C)nc21. The first-order chi connectivity index (χ1) is 11.1. The van der Waals surface area contributed by atoms with Crippen LogP contribution >= 0.6 is 0 Å². The number of pyridine rings is 2. The molecule has 0 saturated heterocycles. The molecule has 6 nitrogen and oxygen atoms in total. The number of aromatic nitrogens is 4. The van der Waals surface area contributed by atoms with Crippen molar-refractivity contribution in [3.63, 3.8) is 0 Å². The van der Waals surface area contributed by atoms with Crippen molar-refractivity contribution in [3.05, 3.63) is 48.0 Å². The summed E-state index contributed by atoms with van der Waals surface area (Å²) in [5.41, 5.74) is 2.84. The van der Waals surface area contributed by atoms with Gasteiger partial charge in [-0.05, 0) is 38.5 Å². The monoisotopic (exact) mass is 309 g/mol. The molecule has 0 aliphatic carbocycles. The lowest BCUT2D eigenvalue weighted by Gasteiger charge is -2.11. The quantitative estimate of drug-likeness (QED) is 0.802. The van der Waals surface area contributed by atoms with Gasteiger partial charge < -0.3 is 5.32 Å². The molecule has 0 radical (unpaired) electrons. The van der Waals surface area contributed by atoms with Crippen molar-refractivity contribution >= 4 is 22.6 Å². The third-order valence-corrected chi connectivity index (χ3v) is 3.89. The van der Waals surface area contributed by atoms with E-state index in [0.717, 1.165) is 23.1 Å². The van der Waals surface area contributed by atoms with E-state index in [9.17, 15) is 4.79 Å². The second-order valence-electron chi connectivity index (χ2n) is 5.58. The maximum Gasteiger partial charge on any atom is 0.256 e. The van der Waals surface area contributed by atoms with Crippen molar-refractivity contribution < 1.29 is 4.79 Å². The van der Waals surface area contributed by atoms with Crippen molar-refractivity contribution in [1.82, 2.24) is 19.7 Å². The summed E-state index contributed by atoms with van der Waals surface area (Å²) in [5, 5.41) is 8.07. The molecule has 23 heavy (non-hydrogen) atoms. The van der Waals surface area contributed by atoms with E-state index in [0.29, 0.717) is 11.3 Å². The number of rotatable bonds is 4. The summed E-state index contributed by atoms with van der Waals surface area (Å²) in [5.74, 6) is -0.171. The van der Waals surface area contributed by atoms with E-state index >= 15 is 0 Å². The Labute approximate surface area is 134 Å². The van der Waals surface area contributed by atoms with Crippen LogP contribution < -0.4 is 5.32 Å². The standard InChI is InChI=1S/C17H19N5O/c1-4-12(3)22-16-15(10-19-22)14(9-11(2)20-16)17(23)21-13-5-7-18-8-6-13/h5-10,12H,4H2,1-3H3,(H,18,21,23)/t12-/m1/s1. The fourth-order valence-corrected chi connectivity index (χ4v) is 2.46. The van der Waals surface area contributed by atoms with Crippen LogP contribution in [-0.4, -0.2) is 25.7 Å². The molecule has 3 aromatic rings. The topological polar surface area (TPSA) is 72.7 Å². The molecule has 3 aromatic heterocycles. The Bertz CT molecular complexity index is 841. The number of amides is 1. The van der Waals surface area contributed by atoms with Crippen molar-refractivity contribution in [2.24, 2.45) is 0 Å². The van der Waals surface area contributed by atoms with E-state index in [1.807, 2.05) is 11.6 Å². The molecule has 0 aromatic carbocycles. The molecule has 0 aliphatic heterocycles. The van der Waals surface area contributed by atoms with Gasteiger partial charge in [0.2, 0.25) is 0 Å². The first-order valence-corrected chi connectivity index (χ1v) is 7.66. The average molecular weight is 309 g/mol. The van der Waals surface area contributed by atoms with Crippen LogP contribution in [0.4, 0.5) is 5.69 Å². The zero-order chi connectivity index (χ0) is 16.4. The minimum absolute atomic E-state index is 0.171. The van der Waals surface area contributed by atoms with E-state index in [2.05, 4.69) is 34.2 Å². The van der Waals surface area contributed by atoms with Crippen molar-refractivity contribution in [3.8, 4) is 0 Å². The van der Waals surface area contributed by atoms with Gasteiger partial charge in [0.05, 0.1) is 23.2 Å². The van der Waals surface area contributed by atoms with E-state index in [4.69, 9.17) is 0 Å². The molecule has 3 rings (SSSR count). The lowest BCUT2D eigenvalue weighted by atomic mass is 10.1. The maximum atomic E-state index is 12.6. The normalized spacial score (nSPS) is 12.3. The molecule has 1 atom stereocenters. The van der Waals surface area contributed by atoms with E-state index in [1.54, 1.807) is 36.8 Å². The van der Waals surface area contributed by atoms with Crippen molar-refractivity contribution in [2.75, 3.05) is 5.32 Å². The highest BCUT2D eigenvalue weighted by molar-refractivity contribution is 6.11. The van der Waals surface area contributed by atoms with E-state index < -0.39 is 0 Å². The van der Waals surface area contributed by atoms with Gasteiger partial charge in [-0.2, -0.15) is 5.10 Å². The van der Waals surface area contributed by atoms with Crippen LogP contribution in [0.3, 0.4) is 0 Å². The van der Waals surface area contributed by atoms with Gasteiger partial charge in [-0.15, -0.1) is 0 Å². The molecule has 0 bridgehead atoms. The Kier molecular flexibility index (Phi) is 4.06. The zero-order valence-corrected chi connectivity index (χ0v) is 13.4. The van der Waals surface area contributed by atoms with Crippen LogP contribution in [0.15, 0.2) is 36.8 Å². The Hall–Kier alpha value is -2.76. The lowest BCUT2D eigenvalue weighted by molar-refractivity contribution is 0.102. The van der Waals surface area contributed by atoms with Gasteiger partial charge in [-0.25, -0.2) is 9.67 Å². The highest BCUT2D eigenvalue weighted by atomic mass is 16.1. The second kappa shape index (κ2) is 6.16. The summed E-state index contributed by atoms with van der Waals surface area (Å²) in [6, 6.07) is 5.54. The first kappa shape index (κ1) is 15.1. The molecule has 118 valence electrons. The largest absolute Gasteiger partial charge is 0.322 e.